The highest BCUT2D eigenvalue weighted by Gasteiger charge is 2.23. The Labute approximate surface area is 183 Å². The summed E-state index contributed by atoms with van der Waals surface area (Å²) in [6.07, 6.45) is 0. The molecule has 160 valence electrons. The molecule has 0 atom stereocenters. The Bertz CT molecular complexity index is 1340. The van der Waals surface area contributed by atoms with E-state index in [0.29, 0.717) is 22.3 Å². The van der Waals surface area contributed by atoms with E-state index in [1.807, 2.05) is 24.3 Å². The van der Waals surface area contributed by atoms with Gasteiger partial charge in [0.1, 0.15) is 5.82 Å². The maximum absolute atomic E-state index is 12.6. The highest BCUT2D eigenvalue weighted by atomic mass is 16.6. The normalized spacial score (nSPS) is 14.0. The number of nitro benzene ring substituents is 1. The van der Waals surface area contributed by atoms with E-state index in [0.717, 1.165) is 31.9 Å². The molecule has 0 saturated carbocycles. The van der Waals surface area contributed by atoms with Crippen LogP contribution in [0.15, 0.2) is 77.6 Å². The molecule has 8 nitrogen and oxygen atoms in total. The molecule has 0 amide bonds. The molecule has 0 spiro atoms. The van der Waals surface area contributed by atoms with Gasteiger partial charge in [0.25, 0.3) is 11.2 Å². The van der Waals surface area contributed by atoms with Crippen molar-refractivity contribution in [2.45, 2.75) is 0 Å². The second kappa shape index (κ2) is 8.14. The number of nitrogens with zero attached hydrogens (tertiary/aromatic N) is 4. The summed E-state index contributed by atoms with van der Waals surface area (Å²) in [4.78, 5) is 35.6. The van der Waals surface area contributed by atoms with Crippen LogP contribution >= 0.6 is 0 Å². The number of H-pyrrole nitrogens is 1. The highest BCUT2D eigenvalue weighted by molar-refractivity contribution is 5.83. The van der Waals surface area contributed by atoms with Gasteiger partial charge >= 0.3 is 0 Å². The largest absolute Gasteiger partial charge is 0.368 e. The number of aromatic nitrogens is 2. The summed E-state index contributed by atoms with van der Waals surface area (Å²) in [5.41, 5.74) is 2.80. The van der Waals surface area contributed by atoms with E-state index in [2.05, 4.69) is 31.9 Å². The number of anilines is 2. The van der Waals surface area contributed by atoms with Crippen molar-refractivity contribution in [1.82, 2.24) is 9.97 Å². The van der Waals surface area contributed by atoms with Gasteiger partial charge in [0.15, 0.2) is 0 Å². The Kier molecular flexibility index (Phi) is 5.03. The number of hydrogen-bond donors (Lipinski definition) is 1. The van der Waals surface area contributed by atoms with Crippen molar-refractivity contribution < 1.29 is 4.92 Å². The van der Waals surface area contributed by atoms with Crippen molar-refractivity contribution in [2.75, 3.05) is 36.0 Å². The molecule has 1 aromatic heterocycles. The van der Waals surface area contributed by atoms with Crippen LogP contribution in [0.1, 0.15) is 0 Å². The predicted molar refractivity (Wildman–Crippen MR) is 125 cm³/mol. The Hall–Kier alpha value is -4.20. The minimum absolute atomic E-state index is 0.0394. The molecular formula is C24H21N5O3. The van der Waals surface area contributed by atoms with Crippen molar-refractivity contribution in [3.63, 3.8) is 0 Å². The summed E-state index contributed by atoms with van der Waals surface area (Å²) in [5.74, 6) is 0.331. The lowest BCUT2D eigenvalue weighted by Crippen LogP contribution is -2.46. The topological polar surface area (TPSA) is 95.4 Å². The number of aromatic amines is 1. The molecule has 1 N–H and O–H groups in total. The van der Waals surface area contributed by atoms with Gasteiger partial charge in [-0.25, -0.2) is 4.98 Å². The van der Waals surface area contributed by atoms with Gasteiger partial charge in [-0.3, -0.25) is 14.9 Å². The van der Waals surface area contributed by atoms with E-state index in [-0.39, 0.29) is 11.2 Å². The lowest BCUT2D eigenvalue weighted by atomic mass is 10.1. The van der Waals surface area contributed by atoms with E-state index in [4.69, 9.17) is 0 Å². The zero-order valence-electron chi connectivity index (χ0n) is 17.3. The first-order valence-corrected chi connectivity index (χ1v) is 10.4. The summed E-state index contributed by atoms with van der Waals surface area (Å²) in [6, 6.07) is 22.1. The van der Waals surface area contributed by atoms with Crippen molar-refractivity contribution >= 4 is 28.0 Å². The van der Waals surface area contributed by atoms with Crippen LogP contribution in [0.5, 0.6) is 0 Å². The molecule has 1 aliphatic heterocycles. The summed E-state index contributed by atoms with van der Waals surface area (Å²) >= 11 is 0. The molecule has 5 rings (SSSR count). The molecule has 2 heterocycles. The molecule has 32 heavy (non-hydrogen) atoms. The number of rotatable bonds is 4. The third kappa shape index (κ3) is 3.66. The maximum Gasteiger partial charge on any atom is 0.270 e. The van der Waals surface area contributed by atoms with Gasteiger partial charge in [-0.1, -0.05) is 30.3 Å². The number of hydrogen-bond acceptors (Lipinski definition) is 6. The van der Waals surface area contributed by atoms with E-state index < -0.39 is 4.92 Å². The predicted octanol–water partition coefficient (Wildman–Crippen LogP) is 3.82. The number of para-hydroxylation sites is 2. The Morgan fingerprint density at radius 3 is 2.31 bits per heavy atom. The van der Waals surface area contributed by atoms with Crippen LogP contribution in [0.4, 0.5) is 17.1 Å². The molecule has 3 aromatic carbocycles. The molecule has 1 aliphatic rings. The third-order valence-corrected chi connectivity index (χ3v) is 5.80. The van der Waals surface area contributed by atoms with Crippen LogP contribution in [0.25, 0.3) is 22.3 Å². The maximum atomic E-state index is 12.6. The fourth-order valence-corrected chi connectivity index (χ4v) is 4.16. The van der Waals surface area contributed by atoms with Gasteiger partial charge in [-0.15, -0.1) is 0 Å². The first kappa shape index (κ1) is 19.7. The number of non-ortho nitro benzene ring substituents is 1. The Balaban J connectivity index is 1.53. The molecular weight excluding hydrogens is 406 g/mol. The zero-order valence-corrected chi connectivity index (χ0v) is 17.3. The molecule has 0 unspecified atom stereocenters. The van der Waals surface area contributed by atoms with Gasteiger partial charge in [-0.05, 0) is 30.3 Å². The van der Waals surface area contributed by atoms with Crippen LogP contribution in [0.3, 0.4) is 0 Å². The van der Waals surface area contributed by atoms with E-state index in [1.54, 1.807) is 24.3 Å². The number of benzene rings is 3. The second-order valence-corrected chi connectivity index (χ2v) is 7.70. The lowest BCUT2D eigenvalue weighted by Gasteiger charge is -2.38. The lowest BCUT2D eigenvalue weighted by molar-refractivity contribution is -0.384. The quantitative estimate of drug-likeness (QED) is 0.393. The Morgan fingerprint density at radius 1 is 0.875 bits per heavy atom. The highest BCUT2D eigenvalue weighted by Crippen LogP contribution is 2.33. The molecule has 8 heteroatoms. The number of fused-ring (bicyclic) bond motifs is 1. The molecule has 0 radical (unpaired) electrons. The van der Waals surface area contributed by atoms with Gasteiger partial charge in [0, 0.05) is 55.2 Å². The average molecular weight is 427 g/mol. The van der Waals surface area contributed by atoms with E-state index >= 15 is 0 Å². The fraction of sp³-hybridized carbons (Fsp3) is 0.167. The van der Waals surface area contributed by atoms with Crippen LogP contribution in [-0.4, -0.2) is 41.1 Å². The van der Waals surface area contributed by atoms with E-state index in [1.165, 1.54) is 17.8 Å². The van der Waals surface area contributed by atoms with Crippen molar-refractivity contribution in [3.05, 3.63) is 93.3 Å². The summed E-state index contributed by atoms with van der Waals surface area (Å²) < 4.78 is 0. The molecule has 4 aromatic rings. The first-order chi connectivity index (χ1) is 15.6. The summed E-state index contributed by atoms with van der Waals surface area (Å²) in [5, 5.41) is 11.9. The Morgan fingerprint density at radius 2 is 1.56 bits per heavy atom. The smallest absolute Gasteiger partial charge is 0.270 e. The van der Waals surface area contributed by atoms with Gasteiger partial charge < -0.3 is 14.8 Å². The molecule has 0 aliphatic carbocycles. The SMILES string of the molecule is O=c1[nH]c(-c2cc([N+](=O)[O-])ccc2N2CCN(c3ccccc3)CC2)nc2ccccc12. The van der Waals surface area contributed by atoms with Crippen LogP contribution < -0.4 is 15.4 Å². The van der Waals surface area contributed by atoms with Crippen LogP contribution in [0.2, 0.25) is 0 Å². The standard InChI is InChI=1S/C24H21N5O3/c30-24-19-8-4-5-9-21(19)25-23(26-24)20-16-18(29(31)32)10-11-22(20)28-14-12-27(13-15-28)17-6-2-1-3-7-17/h1-11,16H,12-15H2,(H,25,26,30). The fourth-order valence-electron chi connectivity index (χ4n) is 4.16. The van der Waals surface area contributed by atoms with Gasteiger partial charge in [0.2, 0.25) is 0 Å². The van der Waals surface area contributed by atoms with Crippen LogP contribution in [-0.2, 0) is 0 Å². The molecule has 1 saturated heterocycles. The second-order valence-electron chi connectivity index (χ2n) is 7.70. The first-order valence-electron chi connectivity index (χ1n) is 10.4. The average Bonchev–Trinajstić information content (AvgIpc) is 2.84. The monoisotopic (exact) mass is 427 g/mol. The van der Waals surface area contributed by atoms with Crippen molar-refractivity contribution in [3.8, 4) is 11.4 Å². The van der Waals surface area contributed by atoms with Gasteiger partial charge in [0.05, 0.1) is 15.8 Å². The minimum atomic E-state index is -0.431. The summed E-state index contributed by atoms with van der Waals surface area (Å²) in [6.45, 7) is 3.14. The summed E-state index contributed by atoms with van der Waals surface area (Å²) in [7, 11) is 0. The number of nitro groups is 1. The van der Waals surface area contributed by atoms with Crippen molar-refractivity contribution in [2.24, 2.45) is 0 Å². The molecule has 1 fully saturated rings. The number of piperazine rings is 1. The minimum Gasteiger partial charge on any atom is -0.368 e. The molecule has 0 bridgehead atoms. The zero-order chi connectivity index (χ0) is 22.1. The van der Waals surface area contributed by atoms with Crippen LogP contribution in [0, 0.1) is 10.1 Å². The van der Waals surface area contributed by atoms with Gasteiger partial charge in [-0.2, -0.15) is 0 Å². The number of nitrogens with one attached hydrogen (secondary N) is 1. The van der Waals surface area contributed by atoms with E-state index in [9.17, 15) is 14.9 Å². The van der Waals surface area contributed by atoms with Crippen molar-refractivity contribution in [1.29, 1.82) is 0 Å². The third-order valence-electron chi connectivity index (χ3n) is 5.80.